The van der Waals surface area contributed by atoms with Gasteiger partial charge in [0.15, 0.2) is 0 Å². The van der Waals surface area contributed by atoms with Crippen molar-refractivity contribution in [3.05, 3.63) is 0 Å². The minimum atomic E-state index is 0. The number of nitrogens with one attached hydrogen (secondary N) is 1. The summed E-state index contributed by atoms with van der Waals surface area (Å²) in [6.07, 6.45) is 3.13. The summed E-state index contributed by atoms with van der Waals surface area (Å²) in [6.45, 7) is 2.03. The maximum atomic E-state index is 10.1. The first-order valence-electron chi connectivity index (χ1n) is 3.09. The summed E-state index contributed by atoms with van der Waals surface area (Å²) in [5.41, 5.74) is 0. The molecular weight excluding hydrogens is 173 g/mol. The number of carbonyl (C=O) groups is 1. The van der Waals surface area contributed by atoms with Gasteiger partial charge in [-0.05, 0) is 25.9 Å². The summed E-state index contributed by atoms with van der Waals surface area (Å²) in [4.78, 5) is 10.1. The average Bonchev–Trinajstić information content (AvgIpc) is 1.90. The Morgan fingerprint density at radius 3 is 2.00 bits per heavy atom. The zero-order valence-electron chi connectivity index (χ0n) is 5.71. The van der Waals surface area contributed by atoms with E-state index in [0.29, 0.717) is 5.92 Å². The molecule has 1 N–H and O–H groups in total. The van der Waals surface area contributed by atoms with Crippen LogP contribution in [0.1, 0.15) is 12.8 Å². The summed E-state index contributed by atoms with van der Waals surface area (Å²) in [5, 5.41) is 3.19. The number of hydrogen-bond donors (Lipinski definition) is 1. The third-order valence-corrected chi connectivity index (χ3v) is 1.58. The number of hydrogen-bond acceptors (Lipinski definition) is 2. The van der Waals surface area contributed by atoms with Gasteiger partial charge in [0.25, 0.3) is 0 Å². The van der Waals surface area contributed by atoms with Crippen molar-refractivity contribution < 1.29 is 4.79 Å². The van der Waals surface area contributed by atoms with Crippen molar-refractivity contribution in [2.45, 2.75) is 12.8 Å². The number of carbonyl (C=O) groups excluding carboxylic acids is 1. The molecule has 0 saturated carbocycles. The second kappa shape index (κ2) is 7.32. The molecule has 1 fully saturated rings. The van der Waals surface area contributed by atoms with Gasteiger partial charge in [-0.25, -0.2) is 0 Å². The second-order valence-electron chi connectivity index (χ2n) is 2.22. The van der Waals surface area contributed by atoms with Gasteiger partial charge < -0.3 is 10.1 Å². The van der Waals surface area contributed by atoms with E-state index in [4.69, 9.17) is 0 Å². The second-order valence-corrected chi connectivity index (χ2v) is 2.22. The van der Waals surface area contributed by atoms with Gasteiger partial charge in [0.1, 0.15) is 6.29 Å². The maximum Gasteiger partial charge on any atom is 0.123 e. The van der Waals surface area contributed by atoms with Crippen LogP contribution < -0.4 is 5.32 Å². The monoisotopic (exact) mass is 185 g/mol. The van der Waals surface area contributed by atoms with E-state index in [0.717, 1.165) is 32.2 Å². The Morgan fingerprint density at radius 2 is 1.70 bits per heavy atom. The van der Waals surface area contributed by atoms with Crippen molar-refractivity contribution in [1.82, 2.24) is 5.32 Å². The van der Waals surface area contributed by atoms with Gasteiger partial charge in [-0.15, -0.1) is 24.8 Å². The quantitative estimate of drug-likeness (QED) is 0.619. The zero-order chi connectivity index (χ0) is 5.82. The predicted molar refractivity (Wildman–Crippen MR) is 46.2 cm³/mol. The molecular formula is C6H13Cl2NO. The molecule has 0 aromatic carbocycles. The third-order valence-electron chi connectivity index (χ3n) is 1.58. The first-order chi connectivity index (χ1) is 3.93. The van der Waals surface area contributed by atoms with Crippen molar-refractivity contribution in [3.8, 4) is 0 Å². The van der Waals surface area contributed by atoms with Crippen molar-refractivity contribution in [2.24, 2.45) is 5.92 Å². The molecule has 0 unspecified atom stereocenters. The van der Waals surface area contributed by atoms with Crippen LogP contribution >= 0.6 is 24.8 Å². The van der Waals surface area contributed by atoms with E-state index in [9.17, 15) is 4.79 Å². The molecule has 0 radical (unpaired) electrons. The van der Waals surface area contributed by atoms with Crippen LogP contribution in [0, 0.1) is 5.92 Å². The molecule has 0 amide bonds. The largest absolute Gasteiger partial charge is 0.317 e. The van der Waals surface area contributed by atoms with Crippen LogP contribution in [0.5, 0.6) is 0 Å². The smallest absolute Gasteiger partial charge is 0.123 e. The molecule has 62 valence electrons. The fourth-order valence-corrected chi connectivity index (χ4v) is 0.980. The minimum absolute atomic E-state index is 0. The molecule has 0 aromatic heterocycles. The molecule has 4 heteroatoms. The van der Waals surface area contributed by atoms with Crippen LogP contribution in [0.2, 0.25) is 0 Å². The highest BCUT2D eigenvalue weighted by atomic mass is 35.5. The number of aldehydes is 1. The highest BCUT2D eigenvalue weighted by molar-refractivity contribution is 5.85. The summed E-state index contributed by atoms with van der Waals surface area (Å²) >= 11 is 0. The van der Waals surface area contributed by atoms with E-state index in [-0.39, 0.29) is 24.8 Å². The number of halogens is 2. The first-order valence-corrected chi connectivity index (χ1v) is 3.09. The molecule has 0 atom stereocenters. The summed E-state index contributed by atoms with van der Waals surface area (Å²) < 4.78 is 0. The van der Waals surface area contributed by atoms with Crippen molar-refractivity contribution >= 4 is 31.1 Å². The molecule has 1 aliphatic heterocycles. The van der Waals surface area contributed by atoms with E-state index in [2.05, 4.69) is 5.32 Å². The predicted octanol–water partition coefficient (Wildman–Crippen LogP) is 1.03. The Bertz CT molecular complexity index is 83.8. The van der Waals surface area contributed by atoms with Crippen molar-refractivity contribution in [2.75, 3.05) is 13.1 Å². The van der Waals surface area contributed by atoms with Crippen LogP contribution in [0.3, 0.4) is 0 Å². The van der Waals surface area contributed by atoms with Crippen LogP contribution in [0.4, 0.5) is 0 Å². The van der Waals surface area contributed by atoms with Crippen molar-refractivity contribution in [3.63, 3.8) is 0 Å². The Kier molecular flexibility index (Phi) is 9.40. The van der Waals surface area contributed by atoms with Gasteiger partial charge in [-0.1, -0.05) is 0 Å². The Morgan fingerprint density at radius 1 is 1.20 bits per heavy atom. The van der Waals surface area contributed by atoms with Crippen LogP contribution in [0.25, 0.3) is 0 Å². The number of piperidine rings is 1. The molecule has 2 nitrogen and oxygen atoms in total. The van der Waals surface area contributed by atoms with E-state index in [1.165, 1.54) is 0 Å². The van der Waals surface area contributed by atoms with Gasteiger partial charge >= 0.3 is 0 Å². The van der Waals surface area contributed by atoms with E-state index in [1.54, 1.807) is 0 Å². The summed E-state index contributed by atoms with van der Waals surface area (Å²) in [5.74, 6) is 0.344. The number of rotatable bonds is 1. The minimum Gasteiger partial charge on any atom is -0.317 e. The molecule has 0 spiro atoms. The van der Waals surface area contributed by atoms with E-state index < -0.39 is 0 Å². The van der Waals surface area contributed by atoms with Crippen LogP contribution in [-0.2, 0) is 4.79 Å². The third kappa shape index (κ3) is 4.09. The Hall–Kier alpha value is 0.210. The van der Waals surface area contributed by atoms with E-state index in [1.807, 2.05) is 0 Å². The molecule has 10 heavy (non-hydrogen) atoms. The average molecular weight is 186 g/mol. The van der Waals surface area contributed by atoms with Crippen LogP contribution in [0.15, 0.2) is 0 Å². The van der Waals surface area contributed by atoms with Gasteiger partial charge in [0, 0.05) is 5.92 Å². The highest BCUT2D eigenvalue weighted by Gasteiger charge is 2.09. The maximum absolute atomic E-state index is 10.1. The lowest BCUT2D eigenvalue weighted by Crippen LogP contribution is -2.28. The highest BCUT2D eigenvalue weighted by Crippen LogP contribution is 2.06. The summed E-state index contributed by atoms with van der Waals surface area (Å²) in [6, 6.07) is 0. The molecule has 0 aromatic rings. The Labute approximate surface area is 73.6 Å². The van der Waals surface area contributed by atoms with Gasteiger partial charge in [0.2, 0.25) is 0 Å². The molecule has 1 saturated heterocycles. The molecule has 1 rings (SSSR count). The molecule has 1 aliphatic rings. The summed E-state index contributed by atoms with van der Waals surface area (Å²) in [7, 11) is 0. The normalized spacial score (nSPS) is 18.4. The molecule has 1 heterocycles. The lowest BCUT2D eigenvalue weighted by molar-refractivity contribution is -0.111. The fourth-order valence-electron chi connectivity index (χ4n) is 0.980. The van der Waals surface area contributed by atoms with Crippen LogP contribution in [-0.4, -0.2) is 19.4 Å². The van der Waals surface area contributed by atoms with Crippen molar-refractivity contribution in [1.29, 1.82) is 0 Å². The van der Waals surface area contributed by atoms with Gasteiger partial charge in [-0.3, -0.25) is 0 Å². The van der Waals surface area contributed by atoms with E-state index >= 15 is 0 Å². The SMILES string of the molecule is Cl.Cl.O=CC1CCNCC1. The molecule has 0 aliphatic carbocycles. The first kappa shape index (κ1) is 12.8. The molecule has 0 bridgehead atoms. The standard InChI is InChI=1S/C6H11NO.2ClH/c8-5-6-1-3-7-4-2-6;;/h5-7H,1-4H2;2*1H. The lowest BCUT2D eigenvalue weighted by atomic mass is 10.0. The zero-order valence-corrected chi connectivity index (χ0v) is 7.34. The lowest BCUT2D eigenvalue weighted by Gasteiger charge is -2.16. The fraction of sp³-hybridized carbons (Fsp3) is 0.833. The Balaban J connectivity index is 0. The topological polar surface area (TPSA) is 29.1 Å². The van der Waals surface area contributed by atoms with Gasteiger partial charge in [-0.2, -0.15) is 0 Å². The van der Waals surface area contributed by atoms with Gasteiger partial charge in [0.05, 0.1) is 0 Å².